The Bertz CT molecular complexity index is 209. The smallest absolute Gasteiger partial charge is 0.196 e. The molecule has 0 aliphatic heterocycles. The Kier molecular flexibility index (Phi) is 1.65. The molecule has 0 saturated carbocycles. The van der Waals surface area contributed by atoms with E-state index in [1.165, 1.54) is 0 Å². The molecule has 8 heavy (non-hydrogen) atoms. The lowest BCUT2D eigenvalue weighted by atomic mass is 10.7. The molecule has 1 heterocycles. The van der Waals surface area contributed by atoms with Gasteiger partial charge in [-0.05, 0) is 12.2 Å². The minimum absolute atomic E-state index is 0.489. The Balaban J connectivity index is 3.22. The van der Waals surface area contributed by atoms with E-state index in [2.05, 4.69) is 34.8 Å². The van der Waals surface area contributed by atoms with Crippen molar-refractivity contribution < 1.29 is 0 Å². The van der Waals surface area contributed by atoms with Crippen LogP contribution in [0.1, 0.15) is 0 Å². The molecule has 4 heteroatoms. The molecule has 2 nitrogen and oxygen atoms in total. The van der Waals surface area contributed by atoms with Crippen molar-refractivity contribution in [3.05, 3.63) is 17.2 Å². The molecule has 0 bridgehead atoms. The van der Waals surface area contributed by atoms with Crippen LogP contribution in [-0.4, -0.2) is 9.97 Å². The summed E-state index contributed by atoms with van der Waals surface area (Å²) in [6.45, 7) is 0. The molecule has 0 unspecified atom stereocenters. The molecule has 0 aromatic carbocycles. The minimum atomic E-state index is 0.489. The van der Waals surface area contributed by atoms with Gasteiger partial charge < -0.3 is 4.98 Å². The topological polar surface area (TPSA) is 28.7 Å². The molecule has 0 radical (unpaired) electrons. The summed E-state index contributed by atoms with van der Waals surface area (Å²) in [5.41, 5.74) is 0. The van der Waals surface area contributed by atoms with Crippen LogP contribution in [0.25, 0.3) is 0 Å². The lowest BCUT2D eigenvalue weighted by molar-refractivity contribution is 1.07. The van der Waals surface area contributed by atoms with Gasteiger partial charge in [-0.25, -0.2) is 4.98 Å². The fourth-order valence-electron chi connectivity index (χ4n) is 0.335. The fraction of sp³-hybridized carbons (Fsp3) is 0. The van der Waals surface area contributed by atoms with Gasteiger partial charge in [0, 0.05) is 17.3 Å². The largest absolute Gasteiger partial charge is 0.336 e. The van der Waals surface area contributed by atoms with Crippen molar-refractivity contribution in [1.29, 1.82) is 0 Å². The van der Waals surface area contributed by atoms with E-state index in [4.69, 9.17) is 0 Å². The van der Waals surface area contributed by atoms with Crippen LogP contribution < -0.4 is 0 Å². The first-order valence-corrected chi connectivity index (χ1v) is 2.88. The van der Waals surface area contributed by atoms with E-state index in [9.17, 15) is 0 Å². The first-order chi connectivity index (χ1) is 3.79. The summed E-state index contributed by atoms with van der Waals surface area (Å²) in [5, 5.41) is 0. The quantitative estimate of drug-likeness (QED) is 0.426. The highest BCUT2D eigenvalue weighted by molar-refractivity contribution is 7.80. The van der Waals surface area contributed by atoms with Crippen molar-refractivity contribution in [1.82, 2.24) is 9.97 Å². The minimum Gasteiger partial charge on any atom is -0.336 e. The van der Waals surface area contributed by atoms with Crippen LogP contribution >= 0.6 is 24.8 Å². The molecule has 1 aromatic rings. The number of hydrogen-bond acceptors (Lipinski definition) is 3. The van der Waals surface area contributed by atoms with Crippen molar-refractivity contribution in [2.24, 2.45) is 0 Å². The zero-order valence-electron chi connectivity index (χ0n) is 3.96. The van der Waals surface area contributed by atoms with E-state index in [0.29, 0.717) is 4.77 Å². The second-order valence-corrected chi connectivity index (χ2v) is 2.18. The van der Waals surface area contributed by atoms with E-state index >= 15 is 0 Å². The third-order valence-electron chi connectivity index (χ3n) is 0.658. The highest BCUT2D eigenvalue weighted by atomic mass is 32.1. The molecular formula is C4H4N2S2. The number of nitrogens with zero attached hydrogens (tertiary/aromatic N) is 1. The van der Waals surface area contributed by atoms with Crippen LogP contribution in [0.4, 0.5) is 0 Å². The molecule has 0 aliphatic rings. The van der Waals surface area contributed by atoms with Gasteiger partial charge in [-0.1, -0.05) is 0 Å². The molecule has 0 saturated heterocycles. The zero-order chi connectivity index (χ0) is 5.98. The number of nitrogens with one attached hydrogen (secondary N) is 1. The van der Waals surface area contributed by atoms with Gasteiger partial charge in [0.2, 0.25) is 0 Å². The molecule has 1 N–H and O–H groups in total. The van der Waals surface area contributed by atoms with Crippen molar-refractivity contribution in [2.45, 2.75) is 4.90 Å². The summed E-state index contributed by atoms with van der Waals surface area (Å²) < 4.78 is 0.489. The van der Waals surface area contributed by atoms with Crippen LogP contribution in [0.3, 0.4) is 0 Å². The Morgan fingerprint density at radius 3 is 2.88 bits per heavy atom. The number of rotatable bonds is 0. The predicted molar refractivity (Wildman–Crippen MR) is 36.7 cm³/mol. The molecule has 42 valence electrons. The first-order valence-electron chi connectivity index (χ1n) is 2.03. The van der Waals surface area contributed by atoms with E-state index in [1.54, 1.807) is 12.4 Å². The molecular weight excluding hydrogens is 140 g/mol. The van der Waals surface area contributed by atoms with Gasteiger partial charge in [0.15, 0.2) is 4.77 Å². The van der Waals surface area contributed by atoms with Crippen LogP contribution in [0, 0.1) is 4.77 Å². The average molecular weight is 144 g/mol. The second-order valence-electron chi connectivity index (χ2n) is 1.28. The third kappa shape index (κ3) is 1.31. The number of hydrogen-bond donors (Lipinski definition) is 2. The third-order valence-corrected chi connectivity index (χ3v) is 1.13. The van der Waals surface area contributed by atoms with Gasteiger partial charge in [-0.15, -0.1) is 12.6 Å². The summed E-state index contributed by atoms with van der Waals surface area (Å²) in [5.74, 6) is 0. The van der Waals surface area contributed by atoms with Crippen molar-refractivity contribution in [3.63, 3.8) is 0 Å². The normalized spacial score (nSPS) is 9.12. The predicted octanol–water partition coefficient (Wildman–Crippen LogP) is 1.43. The van der Waals surface area contributed by atoms with Crippen molar-refractivity contribution in [2.75, 3.05) is 0 Å². The Morgan fingerprint density at radius 1 is 1.75 bits per heavy atom. The molecule has 1 aromatic heterocycles. The maximum Gasteiger partial charge on any atom is 0.196 e. The van der Waals surface area contributed by atoms with Gasteiger partial charge in [0.25, 0.3) is 0 Å². The van der Waals surface area contributed by atoms with E-state index < -0.39 is 0 Å². The van der Waals surface area contributed by atoms with E-state index in [-0.39, 0.29) is 0 Å². The lowest BCUT2D eigenvalue weighted by Crippen LogP contribution is -1.77. The standard InChI is InChI=1S/C4H4N2S2/c7-3-1-5-4(8)6-2-3/h1-2,7H,(H,5,6,8). The van der Waals surface area contributed by atoms with Gasteiger partial charge >= 0.3 is 0 Å². The summed E-state index contributed by atoms with van der Waals surface area (Å²) in [4.78, 5) is 7.28. The maximum atomic E-state index is 4.67. The fourth-order valence-corrected chi connectivity index (χ4v) is 0.569. The monoisotopic (exact) mass is 144 g/mol. The molecule has 0 spiro atoms. The second kappa shape index (κ2) is 2.28. The number of aromatic amines is 1. The molecule has 0 fully saturated rings. The maximum absolute atomic E-state index is 4.67. The molecule has 1 rings (SSSR count). The Labute approximate surface area is 57.4 Å². The van der Waals surface area contributed by atoms with Crippen molar-refractivity contribution >= 4 is 24.8 Å². The van der Waals surface area contributed by atoms with Gasteiger partial charge in [-0.2, -0.15) is 0 Å². The first kappa shape index (κ1) is 5.78. The SMILES string of the molecule is S=c1ncc(S)c[nH]1. The van der Waals surface area contributed by atoms with Crippen LogP contribution in [-0.2, 0) is 0 Å². The average Bonchev–Trinajstić information content (AvgIpc) is 1.77. The molecule has 0 amide bonds. The summed E-state index contributed by atoms with van der Waals surface area (Å²) >= 11 is 8.66. The highest BCUT2D eigenvalue weighted by Gasteiger charge is 1.78. The summed E-state index contributed by atoms with van der Waals surface area (Å²) in [6.07, 6.45) is 3.29. The lowest BCUT2D eigenvalue weighted by Gasteiger charge is -1.84. The van der Waals surface area contributed by atoms with Crippen LogP contribution in [0.2, 0.25) is 0 Å². The molecule has 0 atom stereocenters. The van der Waals surface area contributed by atoms with Gasteiger partial charge in [0.1, 0.15) is 0 Å². The summed E-state index contributed by atoms with van der Waals surface area (Å²) in [6, 6.07) is 0. The van der Waals surface area contributed by atoms with E-state index in [0.717, 1.165) is 4.90 Å². The number of H-pyrrole nitrogens is 1. The van der Waals surface area contributed by atoms with E-state index in [1.807, 2.05) is 0 Å². The van der Waals surface area contributed by atoms with Crippen molar-refractivity contribution in [3.8, 4) is 0 Å². The number of thiol groups is 1. The van der Waals surface area contributed by atoms with Crippen LogP contribution in [0.15, 0.2) is 17.3 Å². The highest BCUT2D eigenvalue weighted by Crippen LogP contribution is 1.96. The van der Waals surface area contributed by atoms with Gasteiger partial charge in [-0.3, -0.25) is 0 Å². The Hall–Kier alpha value is -0.350. The zero-order valence-corrected chi connectivity index (χ0v) is 5.67. The molecule has 0 aliphatic carbocycles. The van der Waals surface area contributed by atoms with Gasteiger partial charge in [0.05, 0.1) is 0 Å². The van der Waals surface area contributed by atoms with Crippen LogP contribution in [0.5, 0.6) is 0 Å². The Morgan fingerprint density at radius 2 is 2.50 bits per heavy atom. The summed E-state index contributed by atoms with van der Waals surface area (Å²) in [7, 11) is 0. The number of aromatic nitrogens is 2.